The largest absolute Gasteiger partial charge is 0.353 e. The summed E-state index contributed by atoms with van der Waals surface area (Å²) in [6.45, 7) is 8.12. The fraction of sp³-hybridized carbons (Fsp3) is 0.500. The molecule has 2 heterocycles. The summed E-state index contributed by atoms with van der Waals surface area (Å²) in [5, 5.41) is 5.04. The molecular weight excluding hydrogens is 306 g/mol. The van der Waals surface area contributed by atoms with Crippen LogP contribution < -0.4 is 10.9 Å². The Kier molecular flexibility index (Phi) is 5.05. The first-order valence-electron chi connectivity index (χ1n) is 6.89. The predicted molar refractivity (Wildman–Crippen MR) is 88.2 cm³/mol. The van der Waals surface area contributed by atoms with Gasteiger partial charge in [-0.25, -0.2) is 4.98 Å². The van der Waals surface area contributed by atoms with Gasteiger partial charge in [-0.2, -0.15) is 0 Å². The Morgan fingerprint density at radius 2 is 2.19 bits per heavy atom. The van der Waals surface area contributed by atoms with Gasteiger partial charge in [-0.1, -0.05) is 11.8 Å². The van der Waals surface area contributed by atoms with Crippen molar-refractivity contribution in [3.05, 3.63) is 21.8 Å². The van der Waals surface area contributed by atoms with Crippen LogP contribution in [0.2, 0.25) is 0 Å². The van der Waals surface area contributed by atoms with E-state index in [1.165, 1.54) is 23.1 Å². The van der Waals surface area contributed by atoms with E-state index in [4.69, 9.17) is 0 Å². The molecule has 0 aliphatic carbocycles. The lowest BCUT2D eigenvalue weighted by atomic mass is 10.3. The molecule has 0 spiro atoms. The highest BCUT2D eigenvalue weighted by Crippen LogP contribution is 2.24. The molecule has 1 amide bonds. The number of hydrogen-bond acceptors (Lipinski definition) is 5. The van der Waals surface area contributed by atoms with Gasteiger partial charge in [0.25, 0.3) is 5.56 Å². The molecule has 0 aliphatic rings. The van der Waals surface area contributed by atoms with Crippen LogP contribution in [0.3, 0.4) is 0 Å². The van der Waals surface area contributed by atoms with E-state index in [2.05, 4.69) is 10.3 Å². The molecule has 0 aromatic carbocycles. The van der Waals surface area contributed by atoms with Crippen molar-refractivity contribution in [3.63, 3.8) is 0 Å². The molecule has 1 atom stereocenters. The summed E-state index contributed by atoms with van der Waals surface area (Å²) in [5.74, 6) is -0.0442. The van der Waals surface area contributed by atoms with Crippen LogP contribution in [0.15, 0.2) is 21.4 Å². The average molecular weight is 325 g/mol. The number of carbonyl (C=O) groups is 1. The molecule has 0 radical (unpaired) electrons. The van der Waals surface area contributed by atoms with Crippen LogP contribution in [0.5, 0.6) is 0 Å². The molecule has 0 bridgehead atoms. The summed E-state index contributed by atoms with van der Waals surface area (Å²) in [4.78, 5) is 28.9. The topological polar surface area (TPSA) is 64.0 Å². The summed E-state index contributed by atoms with van der Waals surface area (Å²) in [7, 11) is 0. The Morgan fingerprint density at radius 3 is 2.81 bits per heavy atom. The van der Waals surface area contributed by atoms with Crippen LogP contribution in [0.1, 0.15) is 27.7 Å². The van der Waals surface area contributed by atoms with E-state index in [1.807, 2.05) is 39.1 Å². The fourth-order valence-electron chi connectivity index (χ4n) is 1.91. The van der Waals surface area contributed by atoms with Gasteiger partial charge in [0.15, 0.2) is 5.16 Å². The SMILES string of the molecule is CCn1c(SC(C)C(=O)NC(C)C)nc2ccsc2c1=O. The predicted octanol–water partition coefficient (Wildman–Crippen LogP) is 2.48. The zero-order valence-electron chi connectivity index (χ0n) is 12.5. The van der Waals surface area contributed by atoms with Crippen molar-refractivity contribution in [2.24, 2.45) is 0 Å². The van der Waals surface area contributed by atoms with E-state index in [-0.39, 0.29) is 22.8 Å². The van der Waals surface area contributed by atoms with E-state index in [9.17, 15) is 9.59 Å². The molecular formula is C14H19N3O2S2. The Bertz CT molecular complexity index is 706. The van der Waals surface area contributed by atoms with Gasteiger partial charge in [0.1, 0.15) is 4.70 Å². The average Bonchev–Trinajstić information content (AvgIpc) is 2.86. The fourth-order valence-corrected chi connectivity index (χ4v) is 3.67. The first-order valence-corrected chi connectivity index (χ1v) is 8.65. The second kappa shape index (κ2) is 6.62. The van der Waals surface area contributed by atoms with Crippen LogP contribution in [-0.2, 0) is 11.3 Å². The maximum absolute atomic E-state index is 12.4. The van der Waals surface area contributed by atoms with Gasteiger partial charge < -0.3 is 5.32 Å². The minimum absolute atomic E-state index is 0.0310. The molecule has 0 saturated carbocycles. The van der Waals surface area contributed by atoms with Gasteiger partial charge in [-0.15, -0.1) is 11.3 Å². The standard InChI is InChI=1S/C14H19N3O2S2/c1-5-17-13(19)11-10(6-7-20-11)16-14(17)21-9(4)12(18)15-8(2)3/h6-9H,5H2,1-4H3,(H,15,18). The molecule has 2 aromatic heterocycles. The number of rotatable bonds is 5. The smallest absolute Gasteiger partial charge is 0.272 e. The molecule has 0 saturated heterocycles. The maximum Gasteiger partial charge on any atom is 0.272 e. The molecule has 5 nitrogen and oxygen atoms in total. The minimum Gasteiger partial charge on any atom is -0.353 e. The van der Waals surface area contributed by atoms with E-state index < -0.39 is 0 Å². The molecule has 0 fully saturated rings. The maximum atomic E-state index is 12.4. The van der Waals surface area contributed by atoms with E-state index >= 15 is 0 Å². The number of carbonyl (C=O) groups excluding carboxylic acids is 1. The lowest BCUT2D eigenvalue weighted by Crippen LogP contribution is -2.36. The van der Waals surface area contributed by atoms with Gasteiger partial charge in [0.2, 0.25) is 5.91 Å². The number of thioether (sulfide) groups is 1. The van der Waals surface area contributed by atoms with Crippen molar-refractivity contribution in [2.75, 3.05) is 0 Å². The highest BCUT2D eigenvalue weighted by Gasteiger charge is 2.19. The second-order valence-electron chi connectivity index (χ2n) is 5.00. The zero-order valence-corrected chi connectivity index (χ0v) is 14.2. The van der Waals surface area contributed by atoms with Gasteiger partial charge in [0, 0.05) is 12.6 Å². The molecule has 2 rings (SSSR count). The summed E-state index contributed by atoms with van der Waals surface area (Å²) >= 11 is 2.72. The molecule has 114 valence electrons. The summed E-state index contributed by atoms with van der Waals surface area (Å²) in [6, 6.07) is 1.94. The number of thiophene rings is 1. The number of fused-ring (bicyclic) bond motifs is 1. The van der Waals surface area contributed by atoms with Crippen LogP contribution in [0, 0.1) is 0 Å². The Labute approximate surface area is 131 Å². The van der Waals surface area contributed by atoms with Gasteiger partial charge in [-0.3, -0.25) is 14.2 Å². The van der Waals surface area contributed by atoms with Crippen LogP contribution in [0.4, 0.5) is 0 Å². The highest BCUT2D eigenvalue weighted by atomic mass is 32.2. The van der Waals surface area contributed by atoms with E-state index in [0.29, 0.717) is 21.9 Å². The van der Waals surface area contributed by atoms with Crippen LogP contribution in [-0.4, -0.2) is 26.8 Å². The number of aromatic nitrogens is 2. The van der Waals surface area contributed by atoms with Crippen LogP contribution in [0.25, 0.3) is 10.2 Å². The van der Waals surface area contributed by atoms with Crippen molar-refractivity contribution in [3.8, 4) is 0 Å². The van der Waals surface area contributed by atoms with Gasteiger partial charge in [-0.05, 0) is 39.1 Å². The van der Waals surface area contributed by atoms with Crippen molar-refractivity contribution in [2.45, 2.75) is 50.7 Å². The van der Waals surface area contributed by atoms with Gasteiger partial charge >= 0.3 is 0 Å². The second-order valence-corrected chi connectivity index (χ2v) is 7.23. The molecule has 21 heavy (non-hydrogen) atoms. The molecule has 7 heteroatoms. The lowest BCUT2D eigenvalue weighted by Gasteiger charge is -2.16. The Hall–Kier alpha value is -1.34. The molecule has 0 aliphatic heterocycles. The number of amides is 1. The third-order valence-corrected chi connectivity index (χ3v) is 4.91. The summed E-state index contributed by atoms with van der Waals surface area (Å²) in [5.41, 5.74) is 0.671. The zero-order chi connectivity index (χ0) is 15.6. The first-order chi connectivity index (χ1) is 9.93. The lowest BCUT2D eigenvalue weighted by molar-refractivity contribution is -0.120. The van der Waals surface area contributed by atoms with Crippen LogP contribution >= 0.6 is 23.1 Å². The summed E-state index contributed by atoms with van der Waals surface area (Å²) in [6.07, 6.45) is 0. The first kappa shape index (κ1) is 16.0. The molecule has 2 aromatic rings. The van der Waals surface area contributed by atoms with E-state index in [1.54, 1.807) is 4.57 Å². The number of nitrogens with zero attached hydrogens (tertiary/aromatic N) is 2. The molecule has 1 unspecified atom stereocenters. The highest BCUT2D eigenvalue weighted by molar-refractivity contribution is 8.00. The van der Waals surface area contributed by atoms with Crippen molar-refractivity contribution >= 4 is 39.2 Å². The normalized spacial score (nSPS) is 12.8. The summed E-state index contributed by atoms with van der Waals surface area (Å²) < 4.78 is 2.29. The quantitative estimate of drug-likeness (QED) is 0.677. The Morgan fingerprint density at radius 1 is 1.48 bits per heavy atom. The van der Waals surface area contributed by atoms with Crippen molar-refractivity contribution < 1.29 is 4.79 Å². The number of nitrogens with one attached hydrogen (secondary N) is 1. The minimum atomic E-state index is -0.298. The van der Waals surface area contributed by atoms with Gasteiger partial charge in [0.05, 0.1) is 10.8 Å². The monoisotopic (exact) mass is 325 g/mol. The van der Waals surface area contributed by atoms with Crippen molar-refractivity contribution in [1.29, 1.82) is 0 Å². The van der Waals surface area contributed by atoms with Crippen molar-refractivity contribution in [1.82, 2.24) is 14.9 Å². The third kappa shape index (κ3) is 3.47. The van der Waals surface area contributed by atoms with E-state index in [0.717, 1.165) is 0 Å². The Balaban J connectivity index is 2.33. The third-order valence-electron chi connectivity index (χ3n) is 2.93. The number of hydrogen-bond donors (Lipinski definition) is 1. The molecule has 1 N–H and O–H groups in total.